The van der Waals surface area contributed by atoms with Crippen molar-refractivity contribution in [3.05, 3.63) is 83.0 Å². The van der Waals surface area contributed by atoms with Gasteiger partial charge >= 0.3 is 0 Å². The Labute approximate surface area is 168 Å². The van der Waals surface area contributed by atoms with E-state index in [0.29, 0.717) is 16.7 Å². The summed E-state index contributed by atoms with van der Waals surface area (Å²) in [5, 5.41) is 0.579. The van der Waals surface area contributed by atoms with Crippen LogP contribution in [0.15, 0.2) is 81.4 Å². The van der Waals surface area contributed by atoms with Crippen molar-refractivity contribution < 1.29 is 0 Å². The molecule has 0 atom stereocenters. The van der Waals surface area contributed by atoms with E-state index in [0.717, 1.165) is 21.0 Å². The summed E-state index contributed by atoms with van der Waals surface area (Å²) >= 11 is 1.53. The van der Waals surface area contributed by atoms with E-state index in [1.165, 1.54) is 11.8 Å². The molecule has 0 aliphatic carbocycles. The molecule has 0 unspecified atom stereocenters. The molecule has 0 amide bonds. The molecule has 1 N–H and O–H groups in total. The number of benzene rings is 2. The fraction of sp³-hybridized carbons (Fsp3) is 0.174. The summed E-state index contributed by atoms with van der Waals surface area (Å²) in [5.74, 6) is 0.658. The van der Waals surface area contributed by atoms with Crippen molar-refractivity contribution in [1.82, 2.24) is 15.0 Å². The summed E-state index contributed by atoms with van der Waals surface area (Å²) in [5.41, 5.74) is 1.91. The summed E-state index contributed by atoms with van der Waals surface area (Å²) in [7, 11) is 0. The number of nitrogens with one attached hydrogen (secondary N) is 1. The van der Waals surface area contributed by atoms with E-state index < -0.39 is 0 Å². The number of hydrogen-bond donors (Lipinski definition) is 1. The van der Waals surface area contributed by atoms with Crippen LogP contribution in [0.3, 0.4) is 0 Å². The van der Waals surface area contributed by atoms with Gasteiger partial charge in [0.15, 0.2) is 0 Å². The first kappa shape index (κ1) is 18.4. The number of aromatic nitrogens is 3. The largest absolute Gasteiger partial charge is 0.310 e. The van der Waals surface area contributed by atoms with Crippen molar-refractivity contribution in [1.29, 1.82) is 0 Å². The van der Waals surface area contributed by atoms with Crippen molar-refractivity contribution in [2.24, 2.45) is 0 Å². The molecule has 0 aliphatic heterocycles. The van der Waals surface area contributed by atoms with Crippen LogP contribution in [-0.4, -0.2) is 15.0 Å². The molecule has 0 fully saturated rings. The van der Waals surface area contributed by atoms with Gasteiger partial charge in [0.1, 0.15) is 11.3 Å². The van der Waals surface area contributed by atoms with Crippen molar-refractivity contribution in [3.63, 3.8) is 0 Å². The summed E-state index contributed by atoms with van der Waals surface area (Å²) in [6.07, 6.45) is 1.77. The molecule has 2 heterocycles. The molecule has 2 aromatic carbocycles. The highest BCUT2D eigenvalue weighted by atomic mass is 32.2. The third-order valence-electron chi connectivity index (χ3n) is 4.43. The lowest BCUT2D eigenvalue weighted by atomic mass is 9.95. The highest BCUT2D eigenvalue weighted by molar-refractivity contribution is 7.99. The highest BCUT2D eigenvalue weighted by Gasteiger charge is 2.21. The van der Waals surface area contributed by atoms with Gasteiger partial charge in [-0.3, -0.25) is 9.78 Å². The Bertz CT molecular complexity index is 1180. The van der Waals surface area contributed by atoms with Gasteiger partial charge in [-0.2, -0.15) is 0 Å². The Morgan fingerprint density at radius 3 is 2.21 bits per heavy atom. The molecule has 140 valence electrons. The van der Waals surface area contributed by atoms with E-state index >= 15 is 0 Å². The van der Waals surface area contributed by atoms with Gasteiger partial charge < -0.3 is 4.98 Å². The number of fused-ring (bicyclic) bond motifs is 1. The van der Waals surface area contributed by atoms with Crippen molar-refractivity contribution in [2.75, 3.05) is 0 Å². The summed E-state index contributed by atoms with van der Waals surface area (Å²) in [6.45, 7) is 6.11. The second kappa shape index (κ2) is 7.24. The van der Waals surface area contributed by atoms with Gasteiger partial charge in [0.05, 0.1) is 11.1 Å². The maximum absolute atomic E-state index is 13.1. The first-order chi connectivity index (χ1) is 13.4. The number of H-pyrrole nitrogens is 1. The Balaban J connectivity index is 2.00. The van der Waals surface area contributed by atoms with Crippen LogP contribution in [0.2, 0.25) is 0 Å². The summed E-state index contributed by atoms with van der Waals surface area (Å²) in [4.78, 5) is 27.5. The molecule has 28 heavy (non-hydrogen) atoms. The van der Waals surface area contributed by atoms with Crippen LogP contribution in [0, 0.1) is 0 Å². The minimum atomic E-state index is -0.274. The average Bonchev–Trinajstić information content (AvgIpc) is 2.68. The van der Waals surface area contributed by atoms with E-state index in [1.54, 1.807) is 6.20 Å². The van der Waals surface area contributed by atoms with Crippen LogP contribution in [0.4, 0.5) is 0 Å². The molecule has 0 radical (unpaired) electrons. The Morgan fingerprint density at radius 1 is 0.929 bits per heavy atom. The Hall–Kier alpha value is -2.92. The van der Waals surface area contributed by atoms with Crippen LogP contribution in [0.1, 0.15) is 26.6 Å². The second-order valence-electron chi connectivity index (χ2n) is 7.64. The molecule has 0 saturated carbocycles. The lowest BCUT2D eigenvalue weighted by molar-refractivity contribution is 0.546. The highest BCUT2D eigenvalue weighted by Crippen LogP contribution is 2.35. The topological polar surface area (TPSA) is 58.6 Å². The molecular weight excluding hydrogens is 366 g/mol. The molecule has 2 aromatic heterocycles. The van der Waals surface area contributed by atoms with Crippen LogP contribution in [0.25, 0.3) is 22.2 Å². The van der Waals surface area contributed by atoms with Gasteiger partial charge in [-0.25, -0.2) is 4.98 Å². The summed E-state index contributed by atoms with van der Waals surface area (Å²) < 4.78 is 0. The maximum Gasteiger partial charge on any atom is 0.260 e. The number of hydrogen-bond acceptors (Lipinski definition) is 4. The predicted octanol–water partition coefficient (Wildman–Crippen LogP) is 5.43. The maximum atomic E-state index is 13.1. The number of nitrogens with zero attached hydrogens (tertiary/aromatic N) is 2. The molecular formula is C23H21N3OS. The lowest BCUT2D eigenvalue weighted by Gasteiger charge is -2.18. The Morgan fingerprint density at radius 2 is 1.57 bits per heavy atom. The van der Waals surface area contributed by atoms with Crippen LogP contribution in [0.5, 0.6) is 0 Å². The monoisotopic (exact) mass is 387 g/mol. The minimum Gasteiger partial charge on any atom is -0.310 e. The van der Waals surface area contributed by atoms with E-state index in [4.69, 9.17) is 9.97 Å². The third kappa shape index (κ3) is 3.58. The fourth-order valence-corrected chi connectivity index (χ4v) is 3.92. The van der Waals surface area contributed by atoms with E-state index in [2.05, 4.69) is 4.98 Å². The third-order valence-corrected chi connectivity index (χ3v) is 5.47. The van der Waals surface area contributed by atoms with Crippen LogP contribution >= 0.6 is 11.8 Å². The van der Waals surface area contributed by atoms with Crippen molar-refractivity contribution >= 4 is 22.7 Å². The molecule has 0 saturated heterocycles. The molecule has 0 bridgehead atoms. The zero-order chi connectivity index (χ0) is 19.7. The number of aromatic amines is 1. The van der Waals surface area contributed by atoms with Gasteiger partial charge in [0, 0.05) is 27.0 Å². The normalized spacial score (nSPS) is 11.7. The van der Waals surface area contributed by atoms with Gasteiger partial charge in [-0.15, -0.1) is 0 Å². The van der Waals surface area contributed by atoms with Crippen LogP contribution < -0.4 is 5.56 Å². The van der Waals surface area contributed by atoms with Crippen LogP contribution in [-0.2, 0) is 5.41 Å². The molecule has 4 aromatic rings. The first-order valence-electron chi connectivity index (χ1n) is 9.15. The molecule has 0 aliphatic rings. The quantitative estimate of drug-likeness (QED) is 0.509. The van der Waals surface area contributed by atoms with Gasteiger partial charge in [0.25, 0.3) is 5.56 Å². The zero-order valence-electron chi connectivity index (χ0n) is 16.1. The van der Waals surface area contributed by atoms with Gasteiger partial charge in [-0.1, -0.05) is 81.1 Å². The van der Waals surface area contributed by atoms with Crippen molar-refractivity contribution in [2.45, 2.75) is 36.0 Å². The first-order valence-corrected chi connectivity index (χ1v) is 9.97. The van der Waals surface area contributed by atoms with Gasteiger partial charge in [-0.05, 0) is 12.1 Å². The smallest absolute Gasteiger partial charge is 0.260 e. The molecule has 4 rings (SSSR count). The van der Waals surface area contributed by atoms with E-state index in [-0.39, 0.29) is 11.0 Å². The lowest BCUT2D eigenvalue weighted by Crippen LogP contribution is -2.22. The summed E-state index contributed by atoms with van der Waals surface area (Å²) in [6, 6.07) is 19.9. The standard InChI is InChI=1S/C23H21N3OS/c1-23(2,3)22-25-20-18(21(27)26-22)17(28-16-12-8-5-9-13-16)14-24-19(20)15-10-6-4-7-11-15/h4-14H,1-3H3,(H,25,26,27). The van der Waals surface area contributed by atoms with Crippen molar-refractivity contribution in [3.8, 4) is 11.3 Å². The molecule has 0 spiro atoms. The zero-order valence-corrected chi connectivity index (χ0v) is 16.9. The SMILES string of the molecule is CC(C)(C)c1nc2c(-c3ccccc3)ncc(Sc3ccccc3)c2c(=O)[nH]1. The molecule has 5 heteroatoms. The van der Waals surface area contributed by atoms with E-state index in [1.807, 2.05) is 81.4 Å². The Kier molecular flexibility index (Phi) is 4.77. The molecule has 4 nitrogen and oxygen atoms in total. The number of rotatable bonds is 3. The average molecular weight is 388 g/mol. The van der Waals surface area contributed by atoms with Gasteiger partial charge in [0.2, 0.25) is 0 Å². The number of pyridine rings is 1. The van der Waals surface area contributed by atoms with E-state index in [9.17, 15) is 4.79 Å². The fourth-order valence-electron chi connectivity index (χ4n) is 2.98. The predicted molar refractivity (Wildman–Crippen MR) is 115 cm³/mol. The second-order valence-corrected chi connectivity index (χ2v) is 8.76. The minimum absolute atomic E-state index is 0.132.